The molecule has 21 heavy (non-hydrogen) atoms. The lowest BCUT2D eigenvalue weighted by Crippen LogP contribution is -2.27. The fraction of sp³-hybridized carbons (Fsp3) is 0.471. The summed E-state index contributed by atoms with van der Waals surface area (Å²) in [5, 5.41) is 6.96. The van der Waals surface area contributed by atoms with Crippen LogP contribution in [0.1, 0.15) is 23.4 Å². The van der Waals surface area contributed by atoms with Crippen molar-refractivity contribution in [2.45, 2.75) is 31.7 Å². The zero-order valence-corrected chi connectivity index (χ0v) is 13.2. The first-order valence-electron chi connectivity index (χ1n) is 7.58. The van der Waals surface area contributed by atoms with Gasteiger partial charge >= 0.3 is 0 Å². The SMILES string of the molecule is COc1cccc(CC(CNC2CC2)Cc2nccs2)c1. The van der Waals surface area contributed by atoms with Crippen LogP contribution in [0.4, 0.5) is 0 Å². The van der Waals surface area contributed by atoms with Crippen LogP contribution in [-0.4, -0.2) is 24.7 Å². The Hall–Kier alpha value is -1.39. The molecule has 1 fully saturated rings. The molecule has 0 radical (unpaired) electrons. The number of aromatic nitrogens is 1. The van der Waals surface area contributed by atoms with E-state index in [2.05, 4.69) is 33.9 Å². The summed E-state index contributed by atoms with van der Waals surface area (Å²) in [6.45, 7) is 1.07. The standard InChI is InChI=1S/C17H22N2OS/c1-20-16-4-2-3-13(10-16)9-14(12-19-15-5-6-15)11-17-18-7-8-21-17/h2-4,7-8,10,14-15,19H,5-6,9,11-12H2,1H3. The van der Waals surface area contributed by atoms with Crippen LogP contribution in [0.3, 0.4) is 0 Å². The van der Waals surface area contributed by atoms with Gasteiger partial charge in [-0.2, -0.15) is 0 Å². The van der Waals surface area contributed by atoms with Gasteiger partial charge in [0, 0.05) is 24.0 Å². The molecule has 0 saturated heterocycles. The van der Waals surface area contributed by atoms with Crippen LogP contribution in [0.5, 0.6) is 5.75 Å². The molecule has 1 heterocycles. The summed E-state index contributed by atoms with van der Waals surface area (Å²) in [5.41, 5.74) is 1.34. The summed E-state index contributed by atoms with van der Waals surface area (Å²) < 4.78 is 5.32. The first-order valence-corrected chi connectivity index (χ1v) is 8.46. The molecule has 4 heteroatoms. The molecular weight excluding hydrogens is 280 g/mol. The molecular formula is C17H22N2OS. The van der Waals surface area contributed by atoms with Crippen molar-refractivity contribution < 1.29 is 4.74 Å². The molecule has 0 bridgehead atoms. The van der Waals surface area contributed by atoms with Gasteiger partial charge in [0.15, 0.2) is 0 Å². The van der Waals surface area contributed by atoms with Crippen molar-refractivity contribution in [1.29, 1.82) is 0 Å². The predicted molar refractivity (Wildman–Crippen MR) is 87.0 cm³/mol. The molecule has 1 aliphatic carbocycles. The van der Waals surface area contributed by atoms with E-state index in [1.54, 1.807) is 18.4 Å². The maximum atomic E-state index is 5.32. The highest BCUT2D eigenvalue weighted by molar-refractivity contribution is 7.09. The van der Waals surface area contributed by atoms with Gasteiger partial charge in [0.25, 0.3) is 0 Å². The van der Waals surface area contributed by atoms with Gasteiger partial charge in [-0.25, -0.2) is 4.98 Å². The van der Waals surface area contributed by atoms with Gasteiger partial charge in [-0.1, -0.05) is 12.1 Å². The van der Waals surface area contributed by atoms with E-state index in [9.17, 15) is 0 Å². The van der Waals surface area contributed by atoms with Crippen LogP contribution < -0.4 is 10.1 Å². The number of hydrogen-bond donors (Lipinski definition) is 1. The van der Waals surface area contributed by atoms with E-state index in [1.807, 2.05) is 12.3 Å². The monoisotopic (exact) mass is 302 g/mol. The Labute approximate surface area is 130 Å². The summed E-state index contributed by atoms with van der Waals surface area (Å²) in [4.78, 5) is 4.44. The minimum Gasteiger partial charge on any atom is -0.497 e. The Balaban J connectivity index is 1.64. The van der Waals surface area contributed by atoms with Crippen molar-refractivity contribution in [2.75, 3.05) is 13.7 Å². The molecule has 1 aliphatic rings. The van der Waals surface area contributed by atoms with Crippen LogP contribution in [0.15, 0.2) is 35.8 Å². The minimum absolute atomic E-state index is 0.587. The molecule has 112 valence electrons. The highest BCUT2D eigenvalue weighted by atomic mass is 32.1. The van der Waals surface area contributed by atoms with E-state index in [0.29, 0.717) is 5.92 Å². The lowest BCUT2D eigenvalue weighted by molar-refractivity contribution is 0.413. The summed E-state index contributed by atoms with van der Waals surface area (Å²) in [6, 6.07) is 9.17. The third kappa shape index (κ3) is 4.55. The Morgan fingerprint density at radius 1 is 1.38 bits per heavy atom. The summed E-state index contributed by atoms with van der Waals surface area (Å²) in [7, 11) is 1.72. The van der Waals surface area contributed by atoms with E-state index in [1.165, 1.54) is 23.4 Å². The highest BCUT2D eigenvalue weighted by Crippen LogP contribution is 2.22. The maximum Gasteiger partial charge on any atom is 0.119 e. The summed E-state index contributed by atoms with van der Waals surface area (Å²) in [5.74, 6) is 1.53. The predicted octanol–water partition coefficient (Wildman–Crippen LogP) is 3.31. The molecule has 1 N–H and O–H groups in total. The molecule has 3 nitrogen and oxygen atoms in total. The fourth-order valence-corrected chi connectivity index (χ4v) is 3.30. The number of methoxy groups -OCH3 is 1. The highest BCUT2D eigenvalue weighted by Gasteiger charge is 2.22. The van der Waals surface area contributed by atoms with Gasteiger partial charge in [0.05, 0.1) is 12.1 Å². The van der Waals surface area contributed by atoms with Crippen LogP contribution in [-0.2, 0) is 12.8 Å². The molecule has 1 unspecified atom stereocenters. The quantitative estimate of drug-likeness (QED) is 0.812. The first kappa shape index (κ1) is 14.5. The second-order valence-electron chi connectivity index (χ2n) is 5.73. The van der Waals surface area contributed by atoms with Crippen molar-refractivity contribution >= 4 is 11.3 Å². The zero-order chi connectivity index (χ0) is 14.5. The average molecular weight is 302 g/mol. The summed E-state index contributed by atoms with van der Waals surface area (Å²) in [6.07, 6.45) is 6.69. The van der Waals surface area contributed by atoms with Gasteiger partial charge in [-0.3, -0.25) is 0 Å². The lowest BCUT2D eigenvalue weighted by atomic mass is 9.96. The second kappa shape index (κ2) is 7.05. The largest absolute Gasteiger partial charge is 0.497 e. The Morgan fingerprint density at radius 3 is 3.00 bits per heavy atom. The van der Waals surface area contributed by atoms with Crippen LogP contribution in [0.25, 0.3) is 0 Å². The number of nitrogens with one attached hydrogen (secondary N) is 1. The molecule has 1 saturated carbocycles. The van der Waals surface area contributed by atoms with Crippen LogP contribution >= 0.6 is 11.3 Å². The third-order valence-electron chi connectivity index (χ3n) is 3.88. The van der Waals surface area contributed by atoms with Crippen molar-refractivity contribution in [3.8, 4) is 5.75 Å². The van der Waals surface area contributed by atoms with E-state index in [-0.39, 0.29) is 0 Å². The smallest absolute Gasteiger partial charge is 0.119 e. The zero-order valence-electron chi connectivity index (χ0n) is 12.4. The molecule has 0 spiro atoms. The maximum absolute atomic E-state index is 5.32. The molecule has 0 amide bonds. The number of benzene rings is 1. The van der Waals surface area contributed by atoms with Gasteiger partial charge in [0.1, 0.15) is 5.75 Å². The number of ether oxygens (including phenoxy) is 1. The molecule has 1 aromatic heterocycles. The Kier molecular flexibility index (Phi) is 4.88. The van der Waals surface area contributed by atoms with E-state index >= 15 is 0 Å². The van der Waals surface area contributed by atoms with Crippen LogP contribution in [0.2, 0.25) is 0 Å². The average Bonchev–Trinajstić information content (AvgIpc) is 3.21. The molecule has 0 aliphatic heterocycles. The van der Waals surface area contributed by atoms with Crippen molar-refractivity contribution in [2.24, 2.45) is 5.92 Å². The summed E-state index contributed by atoms with van der Waals surface area (Å²) >= 11 is 1.76. The topological polar surface area (TPSA) is 34.1 Å². The number of rotatable bonds is 8. The second-order valence-corrected chi connectivity index (χ2v) is 6.71. The van der Waals surface area contributed by atoms with Gasteiger partial charge in [-0.15, -0.1) is 11.3 Å². The van der Waals surface area contributed by atoms with E-state index < -0.39 is 0 Å². The third-order valence-corrected chi connectivity index (χ3v) is 4.68. The normalized spacial score (nSPS) is 15.9. The molecule has 3 rings (SSSR count). The van der Waals surface area contributed by atoms with Crippen LogP contribution in [0, 0.1) is 5.92 Å². The van der Waals surface area contributed by atoms with Crippen molar-refractivity contribution in [3.05, 3.63) is 46.4 Å². The van der Waals surface area contributed by atoms with E-state index in [0.717, 1.165) is 31.2 Å². The molecule has 1 atom stereocenters. The molecule has 1 aromatic carbocycles. The lowest BCUT2D eigenvalue weighted by Gasteiger charge is -2.17. The first-order chi connectivity index (χ1) is 10.3. The number of nitrogens with zero attached hydrogens (tertiary/aromatic N) is 1. The number of hydrogen-bond acceptors (Lipinski definition) is 4. The van der Waals surface area contributed by atoms with Gasteiger partial charge in [-0.05, 0) is 49.4 Å². The van der Waals surface area contributed by atoms with E-state index in [4.69, 9.17) is 4.74 Å². The van der Waals surface area contributed by atoms with Gasteiger partial charge in [0.2, 0.25) is 0 Å². The Morgan fingerprint density at radius 2 is 2.29 bits per heavy atom. The Bertz CT molecular complexity index is 552. The molecule has 2 aromatic rings. The van der Waals surface area contributed by atoms with Crippen molar-refractivity contribution in [1.82, 2.24) is 10.3 Å². The minimum atomic E-state index is 0.587. The number of thiazole rings is 1. The fourth-order valence-electron chi connectivity index (χ4n) is 2.57. The van der Waals surface area contributed by atoms with Crippen molar-refractivity contribution in [3.63, 3.8) is 0 Å². The van der Waals surface area contributed by atoms with Gasteiger partial charge < -0.3 is 10.1 Å².